The monoisotopic (exact) mass is 245 g/mol. The molecule has 0 atom stereocenters. The van der Waals surface area contributed by atoms with Gasteiger partial charge in [-0.25, -0.2) is 4.90 Å². The number of benzene rings is 1. The number of carbonyl (C=O) groups is 2. The number of hydrogen-bond donors (Lipinski definition) is 0. The second kappa shape index (κ2) is 5.01. The SMILES string of the molecule is C=CCSc1ccccc1N1C(=O)C=CC1=O. The lowest BCUT2D eigenvalue weighted by Gasteiger charge is -2.17. The lowest BCUT2D eigenvalue weighted by molar-refractivity contribution is -0.120. The Bertz CT molecular complexity index is 490. The third-order valence-corrected chi connectivity index (χ3v) is 3.33. The number of carbonyl (C=O) groups excluding carboxylic acids is 2. The van der Waals surface area contributed by atoms with Gasteiger partial charge in [-0.1, -0.05) is 18.2 Å². The van der Waals surface area contributed by atoms with Gasteiger partial charge in [0.2, 0.25) is 0 Å². The Balaban J connectivity index is 2.34. The van der Waals surface area contributed by atoms with Crippen LogP contribution < -0.4 is 4.90 Å². The number of anilines is 1. The molecule has 0 N–H and O–H groups in total. The molecular weight excluding hydrogens is 234 g/mol. The molecule has 0 spiro atoms. The molecule has 0 aliphatic carbocycles. The van der Waals surface area contributed by atoms with Gasteiger partial charge in [-0.2, -0.15) is 0 Å². The lowest BCUT2D eigenvalue weighted by atomic mass is 10.3. The van der Waals surface area contributed by atoms with Crippen LogP contribution in [0.1, 0.15) is 0 Å². The summed E-state index contributed by atoms with van der Waals surface area (Å²) in [5.41, 5.74) is 0.638. The van der Waals surface area contributed by atoms with Gasteiger partial charge in [0.1, 0.15) is 0 Å². The lowest BCUT2D eigenvalue weighted by Crippen LogP contribution is -2.29. The van der Waals surface area contributed by atoms with Crippen molar-refractivity contribution in [3.8, 4) is 0 Å². The number of thioether (sulfide) groups is 1. The van der Waals surface area contributed by atoms with E-state index in [1.807, 2.05) is 18.2 Å². The fourth-order valence-electron chi connectivity index (χ4n) is 1.55. The Morgan fingerprint density at radius 3 is 2.47 bits per heavy atom. The molecule has 2 amide bonds. The first kappa shape index (κ1) is 11.7. The van der Waals surface area contributed by atoms with Gasteiger partial charge in [-0.05, 0) is 12.1 Å². The van der Waals surface area contributed by atoms with Gasteiger partial charge in [-0.3, -0.25) is 9.59 Å². The van der Waals surface area contributed by atoms with E-state index in [0.29, 0.717) is 5.69 Å². The zero-order chi connectivity index (χ0) is 12.3. The average Bonchev–Trinajstić information content (AvgIpc) is 2.67. The van der Waals surface area contributed by atoms with Crippen LogP contribution >= 0.6 is 11.8 Å². The van der Waals surface area contributed by atoms with Crippen LogP contribution in [-0.2, 0) is 9.59 Å². The number of hydrogen-bond acceptors (Lipinski definition) is 3. The van der Waals surface area contributed by atoms with Crippen LogP contribution in [0.3, 0.4) is 0 Å². The summed E-state index contributed by atoms with van der Waals surface area (Å²) in [5.74, 6) is 0.156. The zero-order valence-corrected chi connectivity index (χ0v) is 9.94. The highest BCUT2D eigenvalue weighted by molar-refractivity contribution is 7.99. The molecule has 1 aliphatic heterocycles. The Hall–Kier alpha value is -1.81. The van der Waals surface area contributed by atoms with Crippen molar-refractivity contribution in [2.24, 2.45) is 0 Å². The van der Waals surface area contributed by atoms with Gasteiger partial charge >= 0.3 is 0 Å². The molecule has 0 unspecified atom stereocenters. The molecule has 3 nitrogen and oxygen atoms in total. The summed E-state index contributed by atoms with van der Waals surface area (Å²) >= 11 is 1.55. The van der Waals surface area contributed by atoms with Gasteiger partial charge in [-0.15, -0.1) is 18.3 Å². The minimum Gasteiger partial charge on any atom is -0.269 e. The highest BCUT2D eigenvalue weighted by atomic mass is 32.2. The van der Waals surface area contributed by atoms with Gasteiger partial charge in [0.05, 0.1) is 5.69 Å². The van der Waals surface area contributed by atoms with Crippen molar-refractivity contribution in [1.82, 2.24) is 0 Å². The smallest absolute Gasteiger partial charge is 0.258 e. The Morgan fingerprint density at radius 2 is 1.82 bits per heavy atom. The zero-order valence-electron chi connectivity index (χ0n) is 9.13. The number of nitrogens with zero attached hydrogens (tertiary/aromatic N) is 1. The minimum absolute atomic E-state index is 0.290. The summed E-state index contributed by atoms with van der Waals surface area (Å²) < 4.78 is 0. The molecule has 1 aromatic carbocycles. The van der Waals surface area contributed by atoms with E-state index in [1.165, 1.54) is 17.1 Å². The van der Waals surface area contributed by atoms with Crippen LogP contribution in [0, 0.1) is 0 Å². The highest BCUT2D eigenvalue weighted by Crippen LogP contribution is 2.31. The molecule has 0 radical (unpaired) electrons. The van der Waals surface area contributed by atoms with E-state index < -0.39 is 0 Å². The first-order chi connectivity index (χ1) is 8.24. The van der Waals surface area contributed by atoms with Crippen LogP contribution in [0.15, 0.2) is 54.0 Å². The molecular formula is C13H11NO2S. The van der Waals surface area contributed by atoms with Gasteiger partial charge in [0.25, 0.3) is 11.8 Å². The van der Waals surface area contributed by atoms with Crippen molar-refractivity contribution in [2.75, 3.05) is 10.7 Å². The van der Waals surface area contributed by atoms with E-state index in [0.717, 1.165) is 10.6 Å². The van der Waals surface area contributed by atoms with Crippen molar-refractivity contribution in [3.63, 3.8) is 0 Å². The Morgan fingerprint density at radius 1 is 1.18 bits per heavy atom. The van der Waals surface area contributed by atoms with E-state index in [4.69, 9.17) is 0 Å². The quantitative estimate of drug-likeness (QED) is 0.464. The summed E-state index contributed by atoms with van der Waals surface area (Å²) in [4.78, 5) is 25.3. The first-order valence-corrected chi connectivity index (χ1v) is 6.11. The Labute approximate surface area is 104 Å². The van der Waals surface area contributed by atoms with E-state index in [9.17, 15) is 9.59 Å². The number of amides is 2. The van der Waals surface area contributed by atoms with Crippen LogP contribution in [0.25, 0.3) is 0 Å². The number of imide groups is 1. The first-order valence-electron chi connectivity index (χ1n) is 5.13. The molecule has 0 aromatic heterocycles. The van der Waals surface area contributed by atoms with Gasteiger partial charge in [0.15, 0.2) is 0 Å². The van der Waals surface area contributed by atoms with Crippen molar-refractivity contribution in [3.05, 3.63) is 49.1 Å². The van der Waals surface area contributed by atoms with E-state index >= 15 is 0 Å². The topological polar surface area (TPSA) is 37.4 Å². The second-order valence-electron chi connectivity index (χ2n) is 3.41. The molecule has 0 fully saturated rings. The van der Waals surface area contributed by atoms with Gasteiger partial charge in [0, 0.05) is 22.8 Å². The highest BCUT2D eigenvalue weighted by Gasteiger charge is 2.26. The maximum absolute atomic E-state index is 11.6. The molecule has 0 saturated carbocycles. The minimum atomic E-state index is -0.290. The molecule has 86 valence electrons. The van der Waals surface area contributed by atoms with Crippen molar-refractivity contribution in [1.29, 1.82) is 0 Å². The summed E-state index contributed by atoms with van der Waals surface area (Å²) in [5, 5.41) is 0. The van der Waals surface area contributed by atoms with E-state index in [-0.39, 0.29) is 11.8 Å². The fraction of sp³-hybridized carbons (Fsp3) is 0.0769. The summed E-state index contributed by atoms with van der Waals surface area (Å²) in [7, 11) is 0. The molecule has 1 heterocycles. The largest absolute Gasteiger partial charge is 0.269 e. The molecule has 2 rings (SSSR count). The van der Waals surface area contributed by atoms with Gasteiger partial charge < -0.3 is 0 Å². The van der Waals surface area contributed by atoms with Crippen molar-refractivity contribution < 1.29 is 9.59 Å². The number of para-hydroxylation sites is 1. The number of rotatable bonds is 4. The van der Waals surface area contributed by atoms with E-state index in [1.54, 1.807) is 23.9 Å². The molecule has 1 aromatic rings. The normalized spacial score (nSPS) is 14.5. The van der Waals surface area contributed by atoms with Crippen LogP contribution in [-0.4, -0.2) is 17.6 Å². The van der Waals surface area contributed by atoms with Crippen molar-refractivity contribution in [2.45, 2.75) is 4.90 Å². The van der Waals surface area contributed by atoms with Crippen LogP contribution in [0.5, 0.6) is 0 Å². The second-order valence-corrected chi connectivity index (χ2v) is 4.47. The third-order valence-electron chi connectivity index (χ3n) is 2.27. The summed E-state index contributed by atoms with van der Waals surface area (Å²) in [6.45, 7) is 3.65. The molecule has 4 heteroatoms. The maximum atomic E-state index is 11.6. The summed E-state index contributed by atoms with van der Waals surface area (Å²) in [6, 6.07) is 7.36. The maximum Gasteiger partial charge on any atom is 0.258 e. The molecule has 1 aliphatic rings. The van der Waals surface area contributed by atoms with Crippen LogP contribution in [0.2, 0.25) is 0 Å². The van der Waals surface area contributed by atoms with Crippen LogP contribution in [0.4, 0.5) is 5.69 Å². The standard InChI is InChI=1S/C13H11NO2S/c1-2-9-17-11-6-4-3-5-10(11)14-12(15)7-8-13(14)16/h2-8H,1,9H2. The summed E-state index contributed by atoms with van der Waals surface area (Å²) in [6.07, 6.45) is 4.36. The third kappa shape index (κ3) is 2.31. The van der Waals surface area contributed by atoms with Crippen molar-refractivity contribution >= 4 is 29.3 Å². The predicted molar refractivity (Wildman–Crippen MR) is 69.0 cm³/mol. The Kier molecular flexibility index (Phi) is 3.44. The molecule has 0 saturated heterocycles. The fourth-order valence-corrected chi connectivity index (χ4v) is 2.33. The average molecular weight is 245 g/mol. The predicted octanol–water partition coefficient (Wildman–Crippen LogP) is 2.39. The molecule has 17 heavy (non-hydrogen) atoms. The van der Waals surface area contributed by atoms with E-state index in [2.05, 4.69) is 6.58 Å². The molecule has 0 bridgehead atoms.